The SMILES string of the molecule is CCCOc1ccc(C(=O)OC(C)C(=O)NCc2ccc3c(c2)OCO3)cc1OCC. The van der Waals surface area contributed by atoms with E-state index in [-0.39, 0.29) is 18.9 Å². The summed E-state index contributed by atoms with van der Waals surface area (Å²) in [7, 11) is 0. The molecule has 0 saturated heterocycles. The number of hydrogen-bond acceptors (Lipinski definition) is 7. The molecule has 1 unspecified atom stereocenters. The van der Waals surface area contributed by atoms with E-state index in [4.69, 9.17) is 23.7 Å². The number of carbonyl (C=O) groups excluding carboxylic acids is 2. The van der Waals surface area contributed by atoms with Gasteiger partial charge in [-0.15, -0.1) is 0 Å². The van der Waals surface area contributed by atoms with Gasteiger partial charge < -0.3 is 29.0 Å². The zero-order valence-corrected chi connectivity index (χ0v) is 17.9. The summed E-state index contributed by atoms with van der Waals surface area (Å²) in [5, 5.41) is 2.75. The van der Waals surface area contributed by atoms with E-state index >= 15 is 0 Å². The summed E-state index contributed by atoms with van der Waals surface area (Å²) >= 11 is 0. The number of esters is 1. The van der Waals surface area contributed by atoms with Crippen LogP contribution in [0.25, 0.3) is 0 Å². The van der Waals surface area contributed by atoms with Crippen molar-refractivity contribution in [2.45, 2.75) is 39.8 Å². The van der Waals surface area contributed by atoms with E-state index in [0.717, 1.165) is 12.0 Å². The van der Waals surface area contributed by atoms with E-state index in [1.54, 1.807) is 30.3 Å². The topological polar surface area (TPSA) is 92.3 Å². The van der Waals surface area contributed by atoms with Gasteiger partial charge in [-0.2, -0.15) is 0 Å². The zero-order chi connectivity index (χ0) is 22.2. The van der Waals surface area contributed by atoms with Gasteiger partial charge in [0.25, 0.3) is 5.91 Å². The standard InChI is InChI=1S/C23H27NO7/c1-4-10-28-18-9-7-17(12-21(18)27-5-2)23(26)31-15(3)22(25)24-13-16-6-8-19-20(11-16)30-14-29-19/h6-9,11-12,15H,4-5,10,13-14H2,1-3H3,(H,24,25). The largest absolute Gasteiger partial charge is 0.490 e. The molecule has 0 aromatic heterocycles. The van der Waals surface area contributed by atoms with Crippen molar-refractivity contribution in [3.8, 4) is 23.0 Å². The van der Waals surface area contributed by atoms with Crippen molar-refractivity contribution in [3.63, 3.8) is 0 Å². The van der Waals surface area contributed by atoms with Gasteiger partial charge in [-0.1, -0.05) is 13.0 Å². The van der Waals surface area contributed by atoms with Gasteiger partial charge in [0.15, 0.2) is 29.1 Å². The average molecular weight is 429 g/mol. The molecule has 1 aliphatic heterocycles. The minimum Gasteiger partial charge on any atom is -0.490 e. The van der Waals surface area contributed by atoms with Crippen molar-refractivity contribution < 1.29 is 33.3 Å². The summed E-state index contributed by atoms with van der Waals surface area (Å²) in [4.78, 5) is 24.9. The van der Waals surface area contributed by atoms with Crippen LogP contribution >= 0.6 is 0 Å². The van der Waals surface area contributed by atoms with Crippen molar-refractivity contribution in [1.29, 1.82) is 0 Å². The number of amides is 1. The van der Waals surface area contributed by atoms with Gasteiger partial charge in [-0.25, -0.2) is 4.79 Å². The Morgan fingerprint density at radius 1 is 1.03 bits per heavy atom. The van der Waals surface area contributed by atoms with Crippen LogP contribution in [-0.2, 0) is 16.1 Å². The van der Waals surface area contributed by atoms with Gasteiger partial charge in [0.05, 0.1) is 18.8 Å². The van der Waals surface area contributed by atoms with Gasteiger partial charge in [0, 0.05) is 6.54 Å². The summed E-state index contributed by atoms with van der Waals surface area (Å²) in [6.45, 7) is 6.82. The first kappa shape index (κ1) is 22.3. The molecule has 31 heavy (non-hydrogen) atoms. The summed E-state index contributed by atoms with van der Waals surface area (Å²) in [5.74, 6) is 1.32. The highest BCUT2D eigenvalue weighted by Crippen LogP contribution is 2.32. The predicted molar refractivity (Wildman–Crippen MR) is 113 cm³/mol. The third kappa shape index (κ3) is 5.81. The fourth-order valence-corrected chi connectivity index (χ4v) is 2.90. The van der Waals surface area contributed by atoms with Crippen LogP contribution in [0.3, 0.4) is 0 Å². The molecule has 3 rings (SSSR count). The van der Waals surface area contributed by atoms with E-state index in [1.165, 1.54) is 6.92 Å². The fraction of sp³-hybridized carbons (Fsp3) is 0.391. The first-order valence-corrected chi connectivity index (χ1v) is 10.3. The van der Waals surface area contributed by atoms with Crippen molar-refractivity contribution >= 4 is 11.9 Å². The second-order valence-electron chi connectivity index (χ2n) is 6.90. The minimum absolute atomic E-state index is 0.189. The maximum absolute atomic E-state index is 12.5. The molecule has 0 bridgehead atoms. The van der Waals surface area contributed by atoms with Crippen LogP contribution in [-0.4, -0.2) is 38.0 Å². The minimum atomic E-state index is -0.965. The molecule has 0 fully saturated rings. The Kier molecular flexibility index (Phi) is 7.59. The molecule has 2 aromatic carbocycles. The van der Waals surface area contributed by atoms with Gasteiger partial charge in [-0.3, -0.25) is 4.79 Å². The van der Waals surface area contributed by atoms with E-state index in [2.05, 4.69) is 5.32 Å². The van der Waals surface area contributed by atoms with Crippen LogP contribution in [0.1, 0.15) is 43.1 Å². The van der Waals surface area contributed by atoms with Gasteiger partial charge in [-0.05, 0) is 56.2 Å². The van der Waals surface area contributed by atoms with Crippen LogP contribution in [0.4, 0.5) is 0 Å². The molecule has 0 aliphatic carbocycles. The van der Waals surface area contributed by atoms with E-state index in [1.807, 2.05) is 19.9 Å². The molecular formula is C23H27NO7. The molecule has 8 nitrogen and oxygen atoms in total. The van der Waals surface area contributed by atoms with Gasteiger partial charge in [0.2, 0.25) is 6.79 Å². The van der Waals surface area contributed by atoms with Crippen LogP contribution in [0.15, 0.2) is 36.4 Å². The van der Waals surface area contributed by atoms with E-state index in [0.29, 0.717) is 36.2 Å². The number of hydrogen-bond donors (Lipinski definition) is 1. The molecule has 2 aromatic rings. The molecular weight excluding hydrogens is 402 g/mol. The molecule has 1 heterocycles. The maximum Gasteiger partial charge on any atom is 0.339 e. The summed E-state index contributed by atoms with van der Waals surface area (Å²) in [6, 6.07) is 10.2. The van der Waals surface area contributed by atoms with Crippen LogP contribution in [0.5, 0.6) is 23.0 Å². The first-order chi connectivity index (χ1) is 15.0. The van der Waals surface area contributed by atoms with Crippen molar-refractivity contribution in [1.82, 2.24) is 5.32 Å². The Balaban J connectivity index is 1.56. The zero-order valence-electron chi connectivity index (χ0n) is 17.9. The highest BCUT2D eigenvalue weighted by atomic mass is 16.7. The molecule has 0 saturated carbocycles. The second kappa shape index (κ2) is 10.6. The molecule has 0 radical (unpaired) electrons. The molecule has 166 valence electrons. The third-order valence-corrected chi connectivity index (χ3v) is 4.50. The summed E-state index contributed by atoms with van der Waals surface area (Å²) in [6.07, 6.45) is -0.109. The van der Waals surface area contributed by atoms with Gasteiger partial charge in [0.1, 0.15) is 0 Å². The van der Waals surface area contributed by atoms with Gasteiger partial charge >= 0.3 is 5.97 Å². The highest BCUT2D eigenvalue weighted by Gasteiger charge is 2.21. The molecule has 1 atom stereocenters. The lowest BCUT2D eigenvalue weighted by Gasteiger charge is -2.15. The number of nitrogens with one attached hydrogen (secondary N) is 1. The van der Waals surface area contributed by atoms with Crippen molar-refractivity contribution in [2.75, 3.05) is 20.0 Å². The normalized spacial score (nSPS) is 12.7. The number of carbonyl (C=O) groups is 2. The Bertz CT molecular complexity index is 928. The van der Waals surface area contributed by atoms with Crippen LogP contribution < -0.4 is 24.3 Å². The first-order valence-electron chi connectivity index (χ1n) is 10.3. The van der Waals surface area contributed by atoms with Crippen molar-refractivity contribution in [2.24, 2.45) is 0 Å². The van der Waals surface area contributed by atoms with Crippen molar-refractivity contribution in [3.05, 3.63) is 47.5 Å². The Labute approximate surface area is 181 Å². The highest BCUT2D eigenvalue weighted by molar-refractivity contribution is 5.92. The average Bonchev–Trinajstić information content (AvgIpc) is 3.24. The van der Waals surface area contributed by atoms with Crippen LogP contribution in [0.2, 0.25) is 0 Å². The molecule has 1 N–H and O–H groups in total. The molecule has 1 amide bonds. The monoisotopic (exact) mass is 429 g/mol. The Morgan fingerprint density at radius 2 is 1.84 bits per heavy atom. The Morgan fingerprint density at radius 3 is 2.61 bits per heavy atom. The Hall–Kier alpha value is -3.42. The lowest BCUT2D eigenvalue weighted by atomic mass is 10.2. The smallest absolute Gasteiger partial charge is 0.339 e. The summed E-state index contributed by atoms with van der Waals surface area (Å²) < 4.78 is 27.1. The molecule has 8 heteroatoms. The predicted octanol–water partition coefficient (Wildman–Crippen LogP) is 3.46. The number of ether oxygens (including phenoxy) is 5. The molecule has 1 aliphatic rings. The van der Waals surface area contributed by atoms with E-state index in [9.17, 15) is 9.59 Å². The van der Waals surface area contributed by atoms with E-state index < -0.39 is 18.0 Å². The lowest BCUT2D eigenvalue weighted by molar-refractivity contribution is -0.129. The summed E-state index contributed by atoms with van der Waals surface area (Å²) in [5.41, 5.74) is 1.13. The lowest BCUT2D eigenvalue weighted by Crippen LogP contribution is -2.35. The van der Waals surface area contributed by atoms with Crippen LogP contribution in [0, 0.1) is 0 Å². The fourth-order valence-electron chi connectivity index (χ4n) is 2.90. The third-order valence-electron chi connectivity index (χ3n) is 4.50. The number of fused-ring (bicyclic) bond motifs is 1. The quantitative estimate of drug-likeness (QED) is 0.578. The number of rotatable bonds is 10. The second-order valence-corrected chi connectivity index (χ2v) is 6.90. The maximum atomic E-state index is 12.5. The number of benzene rings is 2. The molecule has 0 spiro atoms.